The lowest BCUT2D eigenvalue weighted by Gasteiger charge is -2.22. The summed E-state index contributed by atoms with van der Waals surface area (Å²) in [7, 11) is -3.47. The molecule has 0 unspecified atom stereocenters. The van der Waals surface area contributed by atoms with Crippen LogP contribution in [-0.4, -0.2) is 27.5 Å². The maximum Gasteiger partial charge on any atom is 0.274 e. The van der Waals surface area contributed by atoms with Crippen LogP contribution in [-0.2, 0) is 10.0 Å². The Kier molecular flexibility index (Phi) is 3.08. The summed E-state index contributed by atoms with van der Waals surface area (Å²) in [5, 5.41) is 3.12. The lowest BCUT2D eigenvalue weighted by atomic mass is 10.1. The molecular formula is C9H14N2O3S. The van der Waals surface area contributed by atoms with Crippen LogP contribution in [0, 0.1) is 0 Å². The van der Waals surface area contributed by atoms with E-state index in [2.05, 4.69) is 10.0 Å². The highest BCUT2D eigenvalue weighted by atomic mass is 32.2. The number of furan rings is 1. The average Bonchev–Trinajstić information content (AvgIpc) is 2.71. The zero-order valence-electron chi connectivity index (χ0n) is 8.27. The maximum atomic E-state index is 11.7. The highest BCUT2D eigenvalue weighted by Gasteiger charge is 2.23. The minimum absolute atomic E-state index is 0.0203. The van der Waals surface area contributed by atoms with Gasteiger partial charge in [-0.25, -0.2) is 13.1 Å². The first-order valence-corrected chi connectivity index (χ1v) is 6.43. The molecule has 6 heteroatoms. The first kappa shape index (κ1) is 10.7. The van der Waals surface area contributed by atoms with Gasteiger partial charge in [0.15, 0.2) is 0 Å². The molecule has 0 bridgehead atoms. The van der Waals surface area contributed by atoms with Crippen molar-refractivity contribution in [1.82, 2.24) is 10.0 Å². The molecule has 2 rings (SSSR count). The van der Waals surface area contributed by atoms with Crippen LogP contribution in [0.2, 0.25) is 0 Å². The second kappa shape index (κ2) is 4.34. The van der Waals surface area contributed by atoms with E-state index in [0.717, 1.165) is 19.4 Å². The van der Waals surface area contributed by atoms with Gasteiger partial charge in [0.05, 0.1) is 6.26 Å². The van der Waals surface area contributed by atoms with Crippen LogP contribution < -0.4 is 10.0 Å². The van der Waals surface area contributed by atoms with E-state index in [0.29, 0.717) is 6.54 Å². The molecule has 1 aliphatic rings. The van der Waals surface area contributed by atoms with E-state index in [1.807, 2.05) is 0 Å². The van der Waals surface area contributed by atoms with Gasteiger partial charge in [-0.05, 0) is 31.5 Å². The molecule has 1 atom stereocenters. The molecule has 1 fully saturated rings. The number of rotatable bonds is 3. The Hall–Kier alpha value is -0.850. The van der Waals surface area contributed by atoms with Gasteiger partial charge in [0.1, 0.15) is 0 Å². The fourth-order valence-corrected chi connectivity index (χ4v) is 2.84. The lowest BCUT2D eigenvalue weighted by molar-refractivity contribution is 0.411. The number of nitrogens with one attached hydrogen (secondary N) is 2. The van der Waals surface area contributed by atoms with Crippen LogP contribution in [0.1, 0.15) is 12.8 Å². The van der Waals surface area contributed by atoms with Gasteiger partial charge in [-0.1, -0.05) is 0 Å². The van der Waals surface area contributed by atoms with Crippen molar-refractivity contribution in [3.63, 3.8) is 0 Å². The van der Waals surface area contributed by atoms with Crippen LogP contribution in [0.15, 0.2) is 27.9 Å². The summed E-state index contributed by atoms with van der Waals surface area (Å²) in [5.41, 5.74) is 0. The Morgan fingerprint density at radius 3 is 3.00 bits per heavy atom. The first-order chi connectivity index (χ1) is 7.18. The second-order valence-corrected chi connectivity index (χ2v) is 5.24. The zero-order valence-corrected chi connectivity index (χ0v) is 9.09. The van der Waals surface area contributed by atoms with Gasteiger partial charge in [-0.2, -0.15) is 0 Å². The van der Waals surface area contributed by atoms with Crippen molar-refractivity contribution in [2.24, 2.45) is 0 Å². The van der Waals surface area contributed by atoms with Crippen LogP contribution in [0.5, 0.6) is 0 Å². The topological polar surface area (TPSA) is 71.3 Å². The van der Waals surface area contributed by atoms with E-state index in [1.165, 1.54) is 12.3 Å². The fraction of sp³-hybridized carbons (Fsp3) is 0.556. The Bertz CT molecular complexity index is 393. The van der Waals surface area contributed by atoms with E-state index >= 15 is 0 Å². The van der Waals surface area contributed by atoms with Crippen molar-refractivity contribution in [2.75, 3.05) is 13.1 Å². The Labute approximate surface area is 88.9 Å². The van der Waals surface area contributed by atoms with Crippen LogP contribution >= 0.6 is 0 Å². The van der Waals surface area contributed by atoms with Crippen molar-refractivity contribution in [3.05, 3.63) is 18.4 Å². The highest BCUT2D eigenvalue weighted by Crippen LogP contribution is 2.11. The third-order valence-electron chi connectivity index (χ3n) is 2.38. The molecule has 0 amide bonds. The monoisotopic (exact) mass is 230 g/mol. The predicted octanol–water partition coefficient (Wildman–Crippen LogP) is 0.310. The molecule has 0 spiro atoms. The highest BCUT2D eigenvalue weighted by molar-refractivity contribution is 7.89. The molecule has 1 saturated heterocycles. The minimum Gasteiger partial charge on any atom is -0.452 e. The van der Waals surface area contributed by atoms with Crippen LogP contribution in [0.3, 0.4) is 0 Å². The van der Waals surface area contributed by atoms with Crippen molar-refractivity contribution < 1.29 is 12.8 Å². The van der Waals surface area contributed by atoms with Crippen LogP contribution in [0.4, 0.5) is 0 Å². The third kappa shape index (κ3) is 2.58. The molecule has 5 nitrogen and oxygen atoms in total. The molecule has 2 heterocycles. The smallest absolute Gasteiger partial charge is 0.274 e. The quantitative estimate of drug-likeness (QED) is 0.784. The summed E-state index contributed by atoms with van der Waals surface area (Å²) in [6.45, 7) is 1.64. The number of hydrogen-bond acceptors (Lipinski definition) is 4. The minimum atomic E-state index is -3.47. The molecule has 1 aliphatic heterocycles. The fourth-order valence-electron chi connectivity index (χ4n) is 1.65. The van der Waals surface area contributed by atoms with E-state index < -0.39 is 10.0 Å². The SMILES string of the molecule is O=S(=O)(N[C@H]1CCCNC1)c1ccco1. The summed E-state index contributed by atoms with van der Waals surface area (Å²) in [6, 6.07) is 2.97. The Morgan fingerprint density at radius 1 is 1.53 bits per heavy atom. The van der Waals surface area contributed by atoms with E-state index in [1.54, 1.807) is 6.07 Å². The molecule has 84 valence electrons. The van der Waals surface area contributed by atoms with Gasteiger partial charge in [-0.15, -0.1) is 0 Å². The largest absolute Gasteiger partial charge is 0.452 e. The van der Waals surface area contributed by atoms with Crippen molar-refractivity contribution in [3.8, 4) is 0 Å². The summed E-state index contributed by atoms with van der Waals surface area (Å²) >= 11 is 0. The van der Waals surface area contributed by atoms with Gasteiger partial charge in [0, 0.05) is 12.6 Å². The van der Waals surface area contributed by atoms with Gasteiger partial charge in [0.25, 0.3) is 10.0 Å². The molecule has 1 aromatic heterocycles. The van der Waals surface area contributed by atoms with Crippen molar-refractivity contribution in [2.45, 2.75) is 24.0 Å². The van der Waals surface area contributed by atoms with Gasteiger partial charge >= 0.3 is 0 Å². The summed E-state index contributed by atoms with van der Waals surface area (Å²) in [5.74, 6) is 0. The number of piperidine rings is 1. The van der Waals surface area contributed by atoms with E-state index in [-0.39, 0.29) is 11.1 Å². The molecule has 2 N–H and O–H groups in total. The molecule has 0 saturated carbocycles. The molecule has 1 aromatic rings. The zero-order chi connectivity index (χ0) is 10.7. The molecule has 15 heavy (non-hydrogen) atoms. The Balaban J connectivity index is 2.04. The predicted molar refractivity (Wildman–Crippen MR) is 54.9 cm³/mol. The van der Waals surface area contributed by atoms with E-state index in [9.17, 15) is 8.42 Å². The standard InChI is InChI=1S/C9H14N2O3S/c12-15(13,9-4-2-6-14-9)11-8-3-1-5-10-7-8/h2,4,6,8,10-11H,1,3,5,7H2/t8-/m0/s1. The summed E-state index contributed by atoms with van der Waals surface area (Å²) < 4.78 is 30.9. The molecule has 0 radical (unpaired) electrons. The molecular weight excluding hydrogens is 216 g/mol. The van der Waals surface area contributed by atoms with Crippen molar-refractivity contribution >= 4 is 10.0 Å². The molecule has 0 aliphatic carbocycles. The normalized spacial score (nSPS) is 22.8. The third-order valence-corrected chi connectivity index (χ3v) is 3.78. The number of hydrogen-bond donors (Lipinski definition) is 2. The lowest BCUT2D eigenvalue weighted by Crippen LogP contribution is -2.45. The molecule has 0 aromatic carbocycles. The van der Waals surface area contributed by atoms with Gasteiger partial charge in [0.2, 0.25) is 5.09 Å². The first-order valence-electron chi connectivity index (χ1n) is 4.95. The van der Waals surface area contributed by atoms with Gasteiger partial charge in [-0.3, -0.25) is 0 Å². The van der Waals surface area contributed by atoms with Crippen molar-refractivity contribution in [1.29, 1.82) is 0 Å². The average molecular weight is 230 g/mol. The van der Waals surface area contributed by atoms with Crippen LogP contribution in [0.25, 0.3) is 0 Å². The summed E-state index contributed by atoms with van der Waals surface area (Å²) in [6.07, 6.45) is 3.21. The van der Waals surface area contributed by atoms with E-state index in [4.69, 9.17) is 4.42 Å². The van der Waals surface area contributed by atoms with Gasteiger partial charge < -0.3 is 9.73 Å². The maximum absolute atomic E-state index is 11.7. The number of sulfonamides is 1. The Morgan fingerprint density at radius 2 is 2.40 bits per heavy atom. The second-order valence-electron chi connectivity index (χ2n) is 3.60. The summed E-state index contributed by atoms with van der Waals surface area (Å²) in [4.78, 5) is 0.